The number of hydrogen-bond acceptors (Lipinski definition) is 2. The summed E-state index contributed by atoms with van der Waals surface area (Å²) in [5.74, 6) is -0.292. The molecule has 0 bridgehead atoms. The van der Waals surface area contributed by atoms with E-state index in [-0.39, 0.29) is 11.9 Å². The standard InChI is InChI=1S/C10H9BrFN3/c11-5-4-15-8-2-1-7(13)10(8)14-9(15)3-6(5)12/h3-4,7H,1-2,13H2/t7-/m1/s1. The van der Waals surface area contributed by atoms with Gasteiger partial charge in [0.1, 0.15) is 11.5 Å². The van der Waals surface area contributed by atoms with Crippen molar-refractivity contribution in [1.29, 1.82) is 0 Å². The molecule has 0 radical (unpaired) electrons. The number of nitrogens with zero attached hydrogens (tertiary/aromatic N) is 2. The van der Waals surface area contributed by atoms with E-state index in [1.807, 2.05) is 4.40 Å². The SMILES string of the molecule is N[C@@H]1CCc2c1nc1cc(F)c(Br)cn21. The van der Waals surface area contributed by atoms with Gasteiger partial charge in [-0.05, 0) is 28.8 Å². The molecule has 0 aliphatic heterocycles. The van der Waals surface area contributed by atoms with E-state index in [2.05, 4.69) is 20.9 Å². The number of aromatic nitrogens is 2. The number of nitrogens with two attached hydrogens (primary N) is 1. The molecule has 2 N–H and O–H groups in total. The number of fused-ring (bicyclic) bond motifs is 3. The smallest absolute Gasteiger partial charge is 0.142 e. The van der Waals surface area contributed by atoms with E-state index < -0.39 is 0 Å². The molecule has 0 amide bonds. The van der Waals surface area contributed by atoms with Gasteiger partial charge in [0, 0.05) is 24.0 Å². The number of imidazole rings is 1. The quantitative estimate of drug-likeness (QED) is 0.797. The molecule has 3 nitrogen and oxygen atoms in total. The first-order valence-corrected chi connectivity index (χ1v) is 5.57. The molecule has 2 heterocycles. The predicted octanol–water partition coefficient (Wildman–Crippen LogP) is 2.18. The highest BCUT2D eigenvalue weighted by Gasteiger charge is 2.25. The Morgan fingerprint density at radius 2 is 2.40 bits per heavy atom. The lowest BCUT2D eigenvalue weighted by molar-refractivity contribution is 0.618. The van der Waals surface area contributed by atoms with Crippen LogP contribution in [0.4, 0.5) is 4.39 Å². The van der Waals surface area contributed by atoms with Crippen molar-refractivity contribution in [3.05, 3.63) is 33.9 Å². The summed E-state index contributed by atoms with van der Waals surface area (Å²) in [5, 5.41) is 0. The van der Waals surface area contributed by atoms with Crippen molar-refractivity contribution < 1.29 is 4.39 Å². The van der Waals surface area contributed by atoms with Gasteiger partial charge in [-0.25, -0.2) is 9.37 Å². The highest BCUT2D eigenvalue weighted by Crippen LogP contribution is 2.30. The number of hydrogen-bond donors (Lipinski definition) is 1. The Hall–Kier alpha value is -0.940. The Morgan fingerprint density at radius 3 is 3.20 bits per heavy atom. The van der Waals surface area contributed by atoms with Gasteiger partial charge in [0.25, 0.3) is 0 Å². The molecule has 1 aliphatic carbocycles. The summed E-state index contributed by atoms with van der Waals surface area (Å²) in [5.41, 5.74) is 8.56. The largest absolute Gasteiger partial charge is 0.323 e. The van der Waals surface area contributed by atoms with Gasteiger partial charge in [-0.2, -0.15) is 0 Å². The molecule has 1 atom stereocenters. The molecule has 3 rings (SSSR count). The zero-order valence-corrected chi connectivity index (χ0v) is 9.46. The minimum absolute atomic E-state index is 0.00161. The lowest BCUT2D eigenvalue weighted by Crippen LogP contribution is -2.05. The third-order valence-electron chi connectivity index (χ3n) is 2.84. The first kappa shape index (κ1) is 9.30. The second-order valence-electron chi connectivity index (χ2n) is 3.79. The maximum Gasteiger partial charge on any atom is 0.142 e. The molecule has 0 saturated heterocycles. The molecule has 0 spiro atoms. The Labute approximate surface area is 94.2 Å². The molecule has 2 aromatic heterocycles. The van der Waals surface area contributed by atoms with Crippen LogP contribution in [-0.4, -0.2) is 9.38 Å². The Balaban J connectivity index is 2.35. The van der Waals surface area contributed by atoms with Crippen molar-refractivity contribution in [1.82, 2.24) is 9.38 Å². The average molecular weight is 270 g/mol. The summed E-state index contributed by atoms with van der Waals surface area (Å²) in [6, 6.07) is 1.43. The van der Waals surface area contributed by atoms with Crippen molar-refractivity contribution in [3.63, 3.8) is 0 Å². The summed E-state index contributed by atoms with van der Waals surface area (Å²) in [7, 11) is 0. The lowest BCUT2D eigenvalue weighted by atomic mass is 10.3. The number of aryl methyl sites for hydroxylation is 1. The van der Waals surface area contributed by atoms with Crippen LogP contribution in [0.3, 0.4) is 0 Å². The van der Waals surface area contributed by atoms with Gasteiger partial charge in [0.2, 0.25) is 0 Å². The average Bonchev–Trinajstić information content (AvgIpc) is 2.70. The van der Waals surface area contributed by atoms with Crippen LogP contribution in [0.5, 0.6) is 0 Å². The van der Waals surface area contributed by atoms with Crippen LogP contribution in [-0.2, 0) is 6.42 Å². The second-order valence-corrected chi connectivity index (χ2v) is 4.64. The van der Waals surface area contributed by atoms with E-state index in [0.717, 1.165) is 24.2 Å². The Bertz CT molecular complexity index is 549. The summed E-state index contributed by atoms with van der Waals surface area (Å²) in [6.45, 7) is 0. The van der Waals surface area contributed by atoms with Crippen LogP contribution >= 0.6 is 15.9 Å². The van der Waals surface area contributed by atoms with E-state index in [0.29, 0.717) is 10.1 Å². The molecule has 78 valence electrons. The molecular formula is C10H9BrFN3. The highest BCUT2D eigenvalue weighted by molar-refractivity contribution is 9.10. The Kier molecular flexibility index (Phi) is 1.87. The zero-order chi connectivity index (χ0) is 10.6. The van der Waals surface area contributed by atoms with Crippen LogP contribution in [0.15, 0.2) is 16.7 Å². The van der Waals surface area contributed by atoms with Crippen molar-refractivity contribution >= 4 is 21.6 Å². The molecule has 0 saturated carbocycles. The molecule has 0 fully saturated rings. The monoisotopic (exact) mass is 269 g/mol. The van der Waals surface area contributed by atoms with Crippen LogP contribution in [0.1, 0.15) is 23.9 Å². The van der Waals surface area contributed by atoms with Gasteiger partial charge in [-0.3, -0.25) is 0 Å². The Morgan fingerprint density at radius 1 is 1.60 bits per heavy atom. The summed E-state index contributed by atoms with van der Waals surface area (Å²) in [6.07, 6.45) is 3.56. The fraction of sp³-hybridized carbons (Fsp3) is 0.300. The molecule has 0 unspecified atom stereocenters. The normalized spacial score (nSPS) is 19.8. The minimum Gasteiger partial charge on any atom is -0.323 e. The first-order chi connectivity index (χ1) is 7.16. The van der Waals surface area contributed by atoms with E-state index in [1.54, 1.807) is 6.20 Å². The van der Waals surface area contributed by atoms with Gasteiger partial charge in [-0.1, -0.05) is 0 Å². The van der Waals surface area contributed by atoms with Crippen LogP contribution in [0.2, 0.25) is 0 Å². The number of rotatable bonds is 0. The topological polar surface area (TPSA) is 43.3 Å². The van der Waals surface area contributed by atoms with Crippen LogP contribution < -0.4 is 5.73 Å². The fourth-order valence-corrected chi connectivity index (χ4v) is 2.40. The summed E-state index contributed by atoms with van der Waals surface area (Å²) < 4.78 is 15.6. The van der Waals surface area contributed by atoms with E-state index in [9.17, 15) is 4.39 Å². The molecule has 2 aromatic rings. The van der Waals surface area contributed by atoms with Gasteiger partial charge < -0.3 is 10.1 Å². The maximum atomic E-state index is 13.3. The number of halogens is 2. The van der Waals surface area contributed by atoms with Gasteiger partial charge >= 0.3 is 0 Å². The zero-order valence-electron chi connectivity index (χ0n) is 7.87. The van der Waals surface area contributed by atoms with Gasteiger partial charge in [0.05, 0.1) is 10.2 Å². The molecule has 1 aliphatic rings. The van der Waals surface area contributed by atoms with E-state index >= 15 is 0 Å². The van der Waals surface area contributed by atoms with Crippen molar-refractivity contribution in [3.8, 4) is 0 Å². The predicted molar refractivity (Wildman–Crippen MR) is 58.1 cm³/mol. The molecular weight excluding hydrogens is 261 g/mol. The second kappa shape index (κ2) is 3.02. The van der Waals surface area contributed by atoms with Gasteiger partial charge in [0.15, 0.2) is 0 Å². The fourth-order valence-electron chi connectivity index (χ4n) is 2.08. The lowest BCUT2D eigenvalue weighted by Gasteiger charge is -2.00. The molecule has 5 heteroatoms. The van der Waals surface area contributed by atoms with Crippen molar-refractivity contribution in [2.45, 2.75) is 18.9 Å². The summed E-state index contributed by atoms with van der Waals surface area (Å²) >= 11 is 3.17. The van der Waals surface area contributed by atoms with Gasteiger partial charge in [-0.15, -0.1) is 0 Å². The van der Waals surface area contributed by atoms with E-state index in [4.69, 9.17) is 5.73 Å². The van der Waals surface area contributed by atoms with Crippen LogP contribution in [0.25, 0.3) is 5.65 Å². The maximum absolute atomic E-state index is 13.3. The summed E-state index contributed by atoms with van der Waals surface area (Å²) in [4.78, 5) is 4.35. The molecule has 15 heavy (non-hydrogen) atoms. The third-order valence-corrected chi connectivity index (χ3v) is 3.42. The highest BCUT2D eigenvalue weighted by atomic mass is 79.9. The van der Waals surface area contributed by atoms with Crippen LogP contribution in [0, 0.1) is 5.82 Å². The minimum atomic E-state index is -0.292. The first-order valence-electron chi connectivity index (χ1n) is 4.78. The number of pyridine rings is 1. The third kappa shape index (κ3) is 1.23. The van der Waals surface area contributed by atoms with E-state index in [1.165, 1.54) is 6.07 Å². The van der Waals surface area contributed by atoms with Crippen molar-refractivity contribution in [2.75, 3.05) is 0 Å². The van der Waals surface area contributed by atoms with Crippen molar-refractivity contribution in [2.24, 2.45) is 5.73 Å². The molecule has 0 aromatic carbocycles.